The van der Waals surface area contributed by atoms with Crippen LogP contribution in [0.1, 0.15) is 79.1 Å². The van der Waals surface area contributed by atoms with Crippen LogP contribution in [-0.4, -0.2) is 19.0 Å². The normalized spacial score (nSPS) is 25.2. The van der Waals surface area contributed by atoms with Crippen LogP contribution in [0.4, 0.5) is 0 Å². The van der Waals surface area contributed by atoms with Crippen LogP contribution in [0, 0.1) is 11.3 Å². The summed E-state index contributed by atoms with van der Waals surface area (Å²) in [7, 11) is 0. The molecule has 2 unspecified atom stereocenters. The van der Waals surface area contributed by atoms with E-state index in [2.05, 4.69) is 34.3 Å². The zero-order chi connectivity index (χ0) is 15.7. The standard InChI is InChI=1S/C19H36O2/c1-6-7-8-9-10-11-12-13-14-17-20-15-19(4,5)18(21-17)16(2)3/h6,16-18H,1,7-15H2,2-5H3. The topological polar surface area (TPSA) is 18.5 Å². The van der Waals surface area contributed by atoms with E-state index < -0.39 is 0 Å². The summed E-state index contributed by atoms with van der Waals surface area (Å²) < 4.78 is 12.1. The molecule has 1 aliphatic rings. The number of ether oxygens (including phenoxy) is 2. The third-order valence-electron chi connectivity index (χ3n) is 4.41. The lowest BCUT2D eigenvalue weighted by Crippen LogP contribution is -2.48. The molecule has 1 aliphatic heterocycles. The molecule has 1 heterocycles. The van der Waals surface area contributed by atoms with E-state index >= 15 is 0 Å². The maximum atomic E-state index is 6.19. The molecular formula is C19H36O2. The van der Waals surface area contributed by atoms with Gasteiger partial charge in [-0.05, 0) is 31.6 Å². The van der Waals surface area contributed by atoms with E-state index in [0.717, 1.165) is 19.4 Å². The number of allylic oxidation sites excluding steroid dienone is 1. The van der Waals surface area contributed by atoms with Gasteiger partial charge < -0.3 is 9.47 Å². The monoisotopic (exact) mass is 296 g/mol. The number of hydrogen-bond acceptors (Lipinski definition) is 2. The molecular weight excluding hydrogens is 260 g/mol. The van der Waals surface area contributed by atoms with Crippen molar-refractivity contribution in [2.45, 2.75) is 91.5 Å². The molecule has 0 saturated carbocycles. The van der Waals surface area contributed by atoms with E-state index in [1.807, 2.05) is 6.08 Å². The highest BCUT2D eigenvalue weighted by Gasteiger charge is 2.39. The van der Waals surface area contributed by atoms with Crippen LogP contribution >= 0.6 is 0 Å². The van der Waals surface area contributed by atoms with E-state index in [9.17, 15) is 0 Å². The Morgan fingerprint density at radius 2 is 1.71 bits per heavy atom. The van der Waals surface area contributed by atoms with Crippen molar-refractivity contribution in [1.29, 1.82) is 0 Å². The molecule has 1 rings (SSSR count). The van der Waals surface area contributed by atoms with Gasteiger partial charge in [0.05, 0.1) is 12.7 Å². The van der Waals surface area contributed by atoms with Gasteiger partial charge in [-0.1, -0.05) is 59.5 Å². The molecule has 0 aliphatic carbocycles. The molecule has 0 bridgehead atoms. The summed E-state index contributed by atoms with van der Waals surface area (Å²) in [6.07, 6.45) is 12.4. The minimum Gasteiger partial charge on any atom is -0.352 e. The first kappa shape index (κ1) is 18.7. The fourth-order valence-corrected chi connectivity index (χ4v) is 3.29. The summed E-state index contributed by atoms with van der Waals surface area (Å²) in [5.41, 5.74) is 0.135. The number of hydrogen-bond donors (Lipinski definition) is 0. The van der Waals surface area contributed by atoms with Crippen molar-refractivity contribution in [1.82, 2.24) is 0 Å². The van der Waals surface area contributed by atoms with Crippen LogP contribution in [0.3, 0.4) is 0 Å². The number of unbranched alkanes of at least 4 members (excludes halogenated alkanes) is 6. The highest BCUT2D eigenvalue weighted by atomic mass is 16.7. The van der Waals surface area contributed by atoms with Gasteiger partial charge in [0.25, 0.3) is 0 Å². The molecule has 2 nitrogen and oxygen atoms in total. The van der Waals surface area contributed by atoms with Gasteiger partial charge in [-0.15, -0.1) is 6.58 Å². The van der Waals surface area contributed by atoms with E-state index in [-0.39, 0.29) is 11.7 Å². The van der Waals surface area contributed by atoms with Gasteiger partial charge in [-0.3, -0.25) is 0 Å². The van der Waals surface area contributed by atoms with E-state index in [1.165, 1.54) is 38.5 Å². The molecule has 0 amide bonds. The second kappa shape index (κ2) is 9.63. The Hall–Kier alpha value is -0.340. The summed E-state index contributed by atoms with van der Waals surface area (Å²) in [5, 5.41) is 0. The predicted octanol–water partition coefficient (Wildman–Crippen LogP) is 5.72. The van der Waals surface area contributed by atoms with Gasteiger partial charge in [0, 0.05) is 5.41 Å². The highest BCUT2D eigenvalue weighted by Crippen LogP contribution is 2.35. The summed E-state index contributed by atoms with van der Waals surface area (Å²) in [6.45, 7) is 13.6. The molecule has 0 radical (unpaired) electrons. The average molecular weight is 296 g/mol. The van der Waals surface area contributed by atoms with Crippen molar-refractivity contribution in [2.24, 2.45) is 11.3 Å². The van der Waals surface area contributed by atoms with Crippen molar-refractivity contribution in [3.05, 3.63) is 12.7 Å². The zero-order valence-electron chi connectivity index (χ0n) is 14.7. The van der Waals surface area contributed by atoms with Crippen molar-refractivity contribution < 1.29 is 9.47 Å². The van der Waals surface area contributed by atoms with Crippen molar-refractivity contribution in [3.63, 3.8) is 0 Å². The van der Waals surface area contributed by atoms with Crippen LogP contribution in [0.5, 0.6) is 0 Å². The predicted molar refractivity (Wildman–Crippen MR) is 90.4 cm³/mol. The Bertz CT molecular complexity index is 283. The van der Waals surface area contributed by atoms with Crippen molar-refractivity contribution in [2.75, 3.05) is 6.61 Å². The molecule has 0 aromatic carbocycles. The van der Waals surface area contributed by atoms with Gasteiger partial charge in [-0.2, -0.15) is 0 Å². The van der Waals surface area contributed by atoms with Gasteiger partial charge in [-0.25, -0.2) is 0 Å². The van der Waals surface area contributed by atoms with Gasteiger partial charge in [0.1, 0.15) is 0 Å². The highest BCUT2D eigenvalue weighted by molar-refractivity contribution is 4.84. The molecule has 2 heteroatoms. The van der Waals surface area contributed by atoms with Gasteiger partial charge in [0.2, 0.25) is 0 Å². The van der Waals surface area contributed by atoms with E-state index in [1.54, 1.807) is 0 Å². The molecule has 1 fully saturated rings. The van der Waals surface area contributed by atoms with Crippen molar-refractivity contribution >= 4 is 0 Å². The summed E-state index contributed by atoms with van der Waals surface area (Å²) in [4.78, 5) is 0. The largest absolute Gasteiger partial charge is 0.352 e. The first-order valence-electron chi connectivity index (χ1n) is 8.85. The molecule has 0 spiro atoms. The Balaban J connectivity index is 2.12. The Labute approximate surface area is 132 Å². The zero-order valence-corrected chi connectivity index (χ0v) is 14.7. The molecule has 0 aromatic rings. The third kappa shape index (κ3) is 6.97. The fourth-order valence-electron chi connectivity index (χ4n) is 3.29. The maximum Gasteiger partial charge on any atom is 0.158 e. The van der Waals surface area contributed by atoms with Gasteiger partial charge in [0.15, 0.2) is 6.29 Å². The van der Waals surface area contributed by atoms with Gasteiger partial charge >= 0.3 is 0 Å². The molecule has 2 atom stereocenters. The molecule has 1 saturated heterocycles. The fraction of sp³-hybridized carbons (Fsp3) is 0.895. The third-order valence-corrected chi connectivity index (χ3v) is 4.41. The molecule has 124 valence electrons. The van der Waals surface area contributed by atoms with Crippen LogP contribution in [0.15, 0.2) is 12.7 Å². The Morgan fingerprint density at radius 1 is 1.10 bits per heavy atom. The lowest BCUT2D eigenvalue weighted by molar-refractivity contribution is -0.271. The summed E-state index contributed by atoms with van der Waals surface area (Å²) >= 11 is 0. The average Bonchev–Trinajstić information content (AvgIpc) is 2.42. The second-order valence-corrected chi connectivity index (χ2v) is 7.52. The first-order chi connectivity index (χ1) is 9.97. The van der Waals surface area contributed by atoms with Crippen molar-refractivity contribution in [3.8, 4) is 0 Å². The Kier molecular flexibility index (Phi) is 8.58. The van der Waals surface area contributed by atoms with E-state index in [0.29, 0.717) is 12.0 Å². The SMILES string of the molecule is C=CCCCCCCCCC1OCC(C)(C)C(C(C)C)O1. The second-order valence-electron chi connectivity index (χ2n) is 7.52. The molecule has 0 aromatic heterocycles. The quantitative estimate of drug-likeness (QED) is 0.379. The van der Waals surface area contributed by atoms with Crippen LogP contribution in [-0.2, 0) is 9.47 Å². The molecule has 0 N–H and O–H groups in total. The number of rotatable bonds is 10. The minimum absolute atomic E-state index is 0.0196. The van der Waals surface area contributed by atoms with E-state index in [4.69, 9.17) is 9.47 Å². The van der Waals surface area contributed by atoms with Crippen LogP contribution in [0.2, 0.25) is 0 Å². The lowest BCUT2D eigenvalue weighted by Gasteiger charge is -2.44. The minimum atomic E-state index is 0.0196. The maximum absolute atomic E-state index is 6.19. The molecule has 21 heavy (non-hydrogen) atoms. The summed E-state index contributed by atoms with van der Waals surface area (Å²) in [6, 6.07) is 0. The lowest BCUT2D eigenvalue weighted by atomic mass is 9.80. The van der Waals surface area contributed by atoms with Crippen LogP contribution < -0.4 is 0 Å². The summed E-state index contributed by atoms with van der Waals surface area (Å²) in [5.74, 6) is 0.552. The smallest absolute Gasteiger partial charge is 0.158 e. The Morgan fingerprint density at radius 3 is 2.33 bits per heavy atom. The first-order valence-corrected chi connectivity index (χ1v) is 8.85. The van der Waals surface area contributed by atoms with Crippen LogP contribution in [0.25, 0.3) is 0 Å².